The maximum atomic E-state index is 2.84. The number of nitrogens with zero attached hydrogens (tertiary/aromatic N) is 1. The monoisotopic (exact) mass is 243 g/mol. The lowest BCUT2D eigenvalue weighted by Crippen LogP contribution is -2.36. The predicted molar refractivity (Wildman–Crippen MR) is 69.7 cm³/mol. The second-order valence-corrected chi connectivity index (χ2v) is 9.73. The van der Waals surface area contributed by atoms with Gasteiger partial charge in [-0.15, -0.1) is 10.2 Å². The minimum atomic E-state index is 0.264. The fourth-order valence-corrected chi connectivity index (χ4v) is 3.76. The summed E-state index contributed by atoms with van der Waals surface area (Å²) < 4.78 is 3.90. The number of benzene rings is 1. The molecule has 0 amide bonds. The van der Waals surface area contributed by atoms with Gasteiger partial charge in [0.15, 0.2) is 0 Å². The highest BCUT2D eigenvalue weighted by atomic mass is 27.3. The van der Waals surface area contributed by atoms with Gasteiger partial charge in [-0.25, -0.2) is 0 Å². The molecule has 4 radical (unpaired) electrons. The molecule has 0 aliphatic rings. The molecule has 74 valence electrons. The molecule has 0 heterocycles. The van der Waals surface area contributed by atoms with Crippen LogP contribution in [0.1, 0.15) is 26.3 Å². The van der Waals surface area contributed by atoms with E-state index in [0.29, 0.717) is 15.4 Å². The summed E-state index contributed by atoms with van der Waals surface area (Å²) in [5, 5.41) is 0. The summed E-state index contributed by atoms with van der Waals surface area (Å²) in [5.41, 5.74) is 1.71. The fourth-order valence-electron chi connectivity index (χ4n) is 1.33. The Balaban J connectivity index is 2.84. The Bertz CT molecular complexity index is 320. The maximum Gasteiger partial charge on any atom is 0.322 e. The van der Waals surface area contributed by atoms with Gasteiger partial charge in [0.1, 0.15) is 0 Å². The molecule has 0 N–H and O–H groups in total. The van der Waals surface area contributed by atoms with Crippen LogP contribution in [0.4, 0.5) is 0 Å². The van der Waals surface area contributed by atoms with Crippen molar-refractivity contribution in [1.82, 2.24) is 1.85 Å². The highest BCUT2D eigenvalue weighted by molar-refractivity contribution is 6.67. The lowest BCUT2D eigenvalue weighted by atomic mass is 9.87. The van der Waals surface area contributed by atoms with Crippen molar-refractivity contribution in [3.05, 3.63) is 29.8 Å². The zero-order valence-electron chi connectivity index (χ0n) is 9.99. The smallest absolute Gasteiger partial charge is 0.322 e. The highest BCUT2D eigenvalue weighted by Crippen LogP contribution is 2.20. The minimum absolute atomic E-state index is 0.264. The molecule has 4 heteroatoms. The van der Waals surface area contributed by atoms with E-state index in [4.69, 9.17) is 0 Å². The van der Waals surface area contributed by atoms with Gasteiger partial charge in [0.05, 0.1) is 0 Å². The molecular formula is C11H16Al3N. The van der Waals surface area contributed by atoms with Crippen molar-refractivity contribution in [1.29, 1.82) is 0 Å². The number of rotatable bonds is 3. The van der Waals surface area contributed by atoms with Crippen LogP contribution in [0, 0.1) is 0 Å². The van der Waals surface area contributed by atoms with Crippen molar-refractivity contribution in [2.75, 3.05) is 0 Å². The average Bonchev–Trinajstić information content (AvgIpc) is 2.17. The summed E-state index contributed by atoms with van der Waals surface area (Å²) in [6.45, 7) is 6.81. The van der Waals surface area contributed by atoms with E-state index in [1.54, 1.807) is 0 Å². The molecule has 1 rings (SSSR count). The molecule has 0 saturated heterocycles. The van der Waals surface area contributed by atoms with E-state index in [9.17, 15) is 0 Å². The first-order valence-corrected chi connectivity index (χ1v) is 8.49. The van der Waals surface area contributed by atoms with E-state index < -0.39 is 0 Å². The van der Waals surface area contributed by atoms with E-state index >= 15 is 0 Å². The highest BCUT2D eigenvalue weighted by Gasteiger charge is 2.13. The van der Waals surface area contributed by atoms with Gasteiger partial charge >= 0.3 is 15.4 Å². The molecule has 0 fully saturated rings. The Morgan fingerprint density at radius 1 is 1.27 bits per heavy atom. The summed E-state index contributed by atoms with van der Waals surface area (Å²) in [6, 6.07) is 9.03. The molecule has 0 aliphatic carbocycles. The van der Waals surface area contributed by atoms with E-state index in [1.165, 1.54) is 9.99 Å². The van der Waals surface area contributed by atoms with Crippen LogP contribution in [0.3, 0.4) is 0 Å². The summed E-state index contributed by atoms with van der Waals surface area (Å²) >= 11 is 3.54. The predicted octanol–water partition coefficient (Wildman–Crippen LogP) is 1.28. The van der Waals surface area contributed by atoms with Gasteiger partial charge in [0.25, 0.3) is 15.4 Å². The van der Waals surface area contributed by atoms with Crippen LogP contribution in [-0.4, -0.2) is 49.2 Å². The van der Waals surface area contributed by atoms with Gasteiger partial charge in [-0.3, -0.25) is 0 Å². The molecule has 1 aromatic rings. The molecule has 0 atom stereocenters. The van der Waals surface area contributed by atoms with Gasteiger partial charge in [0.2, 0.25) is 16.5 Å². The van der Waals surface area contributed by atoms with Gasteiger partial charge in [-0.2, -0.15) is 0 Å². The van der Waals surface area contributed by atoms with Crippen LogP contribution in [0.15, 0.2) is 24.3 Å². The number of hydrogen-bond acceptors (Lipinski definition) is 1. The van der Waals surface area contributed by atoms with Crippen LogP contribution in [0.5, 0.6) is 0 Å². The first kappa shape index (κ1) is 13.8. The quantitative estimate of drug-likeness (QED) is 0.723. The first-order valence-electron chi connectivity index (χ1n) is 5.21. The SMILES string of the molecule is [CH3][Al][N]([Al])[Al][c]1cccc(C(C)(C)C)c1. The maximum absolute atomic E-state index is 2.84. The average molecular weight is 243 g/mol. The van der Waals surface area contributed by atoms with E-state index in [0.717, 1.165) is 0 Å². The third-order valence-corrected chi connectivity index (χ3v) is 6.58. The second kappa shape index (κ2) is 5.91. The van der Waals surface area contributed by atoms with Gasteiger partial charge in [-0.1, -0.05) is 45.0 Å². The van der Waals surface area contributed by atoms with Gasteiger partial charge < -0.3 is 1.85 Å². The summed E-state index contributed by atoms with van der Waals surface area (Å²) in [6.07, 6.45) is 0. The van der Waals surface area contributed by atoms with Crippen molar-refractivity contribution in [2.45, 2.75) is 32.0 Å². The van der Waals surface area contributed by atoms with Crippen molar-refractivity contribution in [3.63, 3.8) is 0 Å². The van der Waals surface area contributed by atoms with E-state index in [2.05, 4.69) is 69.2 Å². The summed E-state index contributed by atoms with van der Waals surface area (Å²) in [4.78, 5) is 0. The van der Waals surface area contributed by atoms with E-state index in [1.807, 2.05) is 0 Å². The fraction of sp³-hybridized carbons (Fsp3) is 0.455. The Hall–Kier alpha value is 0.777. The van der Waals surface area contributed by atoms with Gasteiger partial charge in [-0.05, 0) is 11.0 Å². The van der Waals surface area contributed by atoms with Crippen LogP contribution >= 0.6 is 0 Å². The molecule has 0 bridgehead atoms. The third kappa shape index (κ3) is 4.65. The first-order chi connectivity index (χ1) is 6.93. The molecule has 0 unspecified atom stereocenters. The van der Waals surface area contributed by atoms with Crippen LogP contribution < -0.4 is 4.43 Å². The van der Waals surface area contributed by atoms with E-state index in [-0.39, 0.29) is 20.9 Å². The molecule has 0 saturated carbocycles. The minimum Gasteiger partial charge on any atom is -0.584 e. The molecule has 1 aromatic carbocycles. The molecule has 0 spiro atoms. The molecular weight excluding hydrogens is 227 g/mol. The van der Waals surface area contributed by atoms with Gasteiger partial charge in [0, 0.05) is 0 Å². The largest absolute Gasteiger partial charge is 0.584 e. The van der Waals surface area contributed by atoms with Crippen molar-refractivity contribution in [2.24, 2.45) is 0 Å². The van der Waals surface area contributed by atoms with Crippen LogP contribution in [0.25, 0.3) is 0 Å². The Kier molecular flexibility index (Phi) is 5.46. The normalized spacial score (nSPS) is 11.5. The zero-order chi connectivity index (χ0) is 11.5. The van der Waals surface area contributed by atoms with Crippen molar-refractivity contribution in [3.8, 4) is 0 Å². The second-order valence-electron chi connectivity index (χ2n) is 4.71. The van der Waals surface area contributed by atoms with Crippen LogP contribution in [0.2, 0.25) is 5.79 Å². The summed E-state index contributed by atoms with van der Waals surface area (Å²) in [7, 11) is 0. The standard InChI is InChI=1S/C10H13.CH3.3Al.N/c1-10(2,3)9-7-5-4-6-8-9;;;;;/h4-5,7-8H,1-3H3;1H3;;;;. The zero-order valence-corrected chi connectivity index (χ0v) is 13.5. The molecule has 0 aromatic heterocycles. The van der Waals surface area contributed by atoms with Crippen molar-refractivity contribution < 1.29 is 0 Å². The van der Waals surface area contributed by atoms with Crippen LogP contribution in [-0.2, 0) is 5.41 Å². The third-order valence-electron chi connectivity index (χ3n) is 2.35. The Morgan fingerprint density at radius 3 is 2.47 bits per heavy atom. The topological polar surface area (TPSA) is 3.24 Å². The Morgan fingerprint density at radius 2 is 1.93 bits per heavy atom. The molecule has 0 aliphatic heterocycles. The number of hydrogen-bond donors (Lipinski definition) is 0. The lowest BCUT2D eigenvalue weighted by Gasteiger charge is -2.21. The summed E-state index contributed by atoms with van der Waals surface area (Å²) in [5.74, 6) is 2.27. The van der Waals surface area contributed by atoms with Crippen molar-refractivity contribution >= 4 is 51.8 Å². The molecule has 15 heavy (non-hydrogen) atoms. The Labute approximate surface area is 115 Å². The lowest BCUT2D eigenvalue weighted by molar-refractivity contribution is 0.591. The molecule has 1 nitrogen and oxygen atoms in total.